The van der Waals surface area contributed by atoms with Crippen LogP contribution in [0.15, 0.2) is 18.2 Å². The van der Waals surface area contributed by atoms with Crippen molar-refractivity contribution in [3.8, 4) is 0 Å². The van der Waals surface area contributed by atoms with E-state index in [2.05, 4.69) is 27.9 Å². The lowest BCUT2D eigenvalue weighted by Gasteiger charge is -2.06. The Kier molecular flexibility index (Phi) is 5.71. The van der Waals surface area contributed by atoms with Crippen LogP contribution in [-0.4, -0.2) is 16.9 Å². The monoisotopic (exact) mass is 357 g/mol. The Morgan fingerprint density at radius 1 is 1.40 bits per heavy atom. The number of rotatable bonds is 4. The molecule has 1 aromatic rings. The van der Waals surface area contributed by atoms with Crippen LogP contribution < -0.4 is 5.32 Å². The fraction of sp³-hybridized carbons (Fsp3) is 0.300. The number of alkyl halides is 1. The lowest BCUT2D eigenvalue weighted by atomic mass is 10.2. The predicted octanol–water partition coefficient (Wildman–Crippen LogP) is 3.55. The van der Waals surface area contributed by atoms with Gasteiger partial charge in [-0.1, -0.05) is 45.8 Å². The van der Waals surface area contributed by atoms with Crippen molar-refractivity contribution in [3.05, 3.63) is 33.8 Å². The molecule has 0 bridgehead atoms. The lowest BCUT2D eigenvalue weighted by Crippen LogP contribution is -2.24. The maximum Gasteiger partial charge on any atom is 0.252 e. The molecule has 1 amide bonds. The molecule has 15 heavy (non-hydrogen) atoms. The highest BCUT2D eigenvalue weighted by molar-refractivity contribution is 14.1. The van der Waals surface area contributed by atoms with E-state index in [1.807, 2.05) is 0 Å². The van der Waals surface area contributed by atoms with Gasteiger partial charge in [-0.2, -0.15) is 0 Å². The highest BCUT2D eigenvalue weighted by Crippen LogP contribution is 2.20. The average Bonchev–Trinajstić information content (AvgIpc) is 2.22. The quantitative estimate of drug-likeness (QED) is 0.498. The Morgan fingerprint density at radius 2 is 2.13 bits per heavy atom. The van der Waals surface area contributed by atoms with Crippen molar-refractivity contribution in [1.29, 1.82) is 0 Å². The molecular formula is C10H10Cl2INO. The molecule has 0 spiro atoms. The summed E-state index contributed by atoms with van der Waals surface area (Å²) in [4.78, 5) is 11.6. The van der Waals surface area contributed by atoms with Crippen molar-refractivity contribution in [2.24, 2.45) is 0 Å². The van der Waals surface area contributed by atoms with Crippen LogP contribution in [0, 0.1) is 0 Å². The number of hydrogen-bond donors (Lipinski definition) is 1. The van der Waals surface area contributed by atoms with E-state index in [1.54, 1.807) is 18.2 Å². The maximum atomic E-state index is 11.6. The lowest BCUT2D eigenvalue weighted by molar-refractivity contribution is 0.0954. The van der Waals surface area contributed by atoms with E-state index in [9.17, 15) is 4.79 Å². The van der Waals surface area contributed by atoms with Crippen LogP contribution in [0.2, 0.25) is 10.0 Å². The van der Waals surface area contributed by atoms with E-state index >= 15 is 0 Å². The average molecular weight is 358 g/mol. The molecule has 0 saturated carbocycles. The van der Waals surface area contributed by atoms with Gasteiger partial charge in [0.25, 0.3) is 5.91 Å². The van der Waals surface area contributed by atoms with Crippen molar-refractivity contribution in [2.75, 3.05) is 11.0 Å². The van der Waals surface area contributed by atoms with Gasteiger partial charge in [-0.3, -0.25) is 4.79 Å². The van der Waals surface area contributed by atoms with Gasteiger partial charge >= 0.3 is 0 Å². The highest BCUT2D eigenvalue weighted by atomic mass is 127. The fourth-order valence-electron chi connectivity index (χ4n) is 1.04. The molecule has 2 nitrogen and oxygen atoms in total. The molecule has 0 atom stereocenters. The number of nitrogens with one attached hydrogen (secondary N) is 1. The first-order valence-corrected chi connectivity index (χ1v) is 6.72. The molecule has 82 valence electrons. The van der Waals surface area contributed by atoms with Crippen LogP contribution in [-0.2, 0) is 0 Å². The standard InChI is InChI=1S/C10H10Cl2INO/c11-7-2-3-9(12)8(6-7)10(15)14-5-1-4-13/h2-3,6H,1,4-5H2,(H,14,15). The van der Waals surface area contributed by atoms with Gasteiger partial charge in [-0.05, 0) is 24.6 Å². The number of hydrogen-bond acceptors (Lipinski definition) is 1. The smallest absolute Gasteiger partial charge is 0.252 e. The van der Waals surface area contributed by atoms with Crippen molar-refractivity contribution in [3.63, 3.8) is 0 Å². The topological polar surface area (TPSA) is 29.1 Å². The molecule has 0 heterocycles. The van der Waals surface area contributed by atoms with E-state index in [4.69, 9.17) is 23.2 Å². The number of halogens is 3. The summed E-state index contributed by atoms with van der Waals surface area (Å²) in [5, 5.41) is 3.72. The summed E-state index contributed by atoms with van der Waals surface area (Å²) in [6.07, 6.45) is 0.949. The molecule has 0 aliphatic rings. The fourth-order valence-corrected chi connectivity index (χ4v) is 1.79. The third kappa shape index (κ3) is 4.17. The Balaban J connectivity index is 2.68. The minimum Gasteiger partial charge on any atom is -0.352 e. The normalized spacial score (nSPS) is 10.1. The van der Waals surface area contributed by atoms with E-state index in [0.29, 0.717) is 22.2 Å². The van der Waals surface area contributed by atoms with Crippen molar-refractivity contribution in [2.45, 2.75) is 6.42 Å². The Morgan fingerprint density at radius 3 is 2.80 bits per heavy atom. The van der Waals surface area contributed by atoms with Gasteiger partial charge in [0, 0.05) is 16.0 Å². The Bertz CT molecular complexity index is 357. The molecule has 0 aromatic heterocycles. The first kappa shape index (κ1) is 13.1. The minimum absolute atomic E-state index is 0.174. The van der Waals surface area contributed by atoms with Gasteiger partial charge in [0.2, 0.25) is 0 Å². The van der Waals surface area contributed by atoms with Gasteiger partial charge < -0.3 is 5.32 Å². The first-order chi connectivity index (χ1) is 7.15. The molecule has 5 heteroatoms. The zero-order valence-electron chi connectivity index (χ0n) is 7.90. The SMILES string of the molecule is O=C(NCCCI)c1cc(Cl)ccc1Cl. The molecule has 1 aromatic carbocycles. The molecule has 0 aliphatic heterocycles. The summed E-state index contributed by atoms with van der Waals surface area (Å²) in [5.74, 6) is -0.174. The predicted molar refractivity (Wildman–Crippen MR) is 72.3 cm³/mol. The van der Waals surface area contributed by atoms with E-state index in [-0.39, 0.29) is 5.91 Å². The highest BCUT2D eigenvalue weighted by Gasteiger charge is 2.09. The van der Waals surface area contributed by atoms with Gasteiger partial charge in [0.1, 0.15) is 0 Å². The first-order valence-electron chi connectivity index (χ1n) is 4.44. The minimum atomic E-state index is -0.174. The number of amides is 1. The van der Waals surface area contributed by atoms with Crippen LogP contribution in [0.4, 0.5) is 0 Å². The summed E-state index contributed by atoms with van der Waals surface area (Å²) >= 11 is 13.9. The van der Waals surface area contributed by atoms with Crippen LogP contribution in [0.5, 0.6) is 0 Å². The summed E-state index contributed by atoms with van der Waals surface area (Å²) < 4.78 is 1.02. The van der Waals surface area contributed by atoms with Crippen molar-refractivity contribution < 1.29 is 4.79 Å². The summed E-state index contributed by atoms with van der Waals surface area (Å²) in [6.45, 7) is 0.657. The van der Waals surface area contributed by atoms with Crippen LogP contribution in [0.25, 0.3) is 0 Å². The molecular weight excluding hydrogens is 348 g/mol. The summed E-state index contributed by atoms with van der Waals surface area (Å²) in [7, 11) is 0. The van der Waals surface area contributed by atoms with Crippen LogP contribution in [0.3, 0.4) is 0 Å². The van der Waals surface area contributed by atoms with Gasteiger partial charge in [0.15, 0.2) is 0 Å². The van der Waals surface area contributed by atoms with E-state index < -0.39 is 0 Å². The van der Waals surface area contributed by atoms with Crippen molar-refractivity contribution in [1.82, 2.24) is 5.32 Å². The number of carbonyl (C=O) groups is 1. The van der Waals surface area contributed by atoms with E-state index in [0.717, 1.165) is 10.8 Å². The molecule has 0 aliphatic carbocycles. The molecule has 0 unspecified atom stereocenters. The van der Waals surface area contributed by atoms with Gasteiger partial charge in [-0.15, -0.1) is 0 Å². The molecule has 1 rings (SSSR count). The summed E-state index contributed by atoms with van der Waals surface area (Å²) in [6, 6.07) is 4.85. The third-order valence-corrected chi connectivity index (χ3v) is 3.10. The molecule has 1 N–H and O–H groups in total. The zero-order valence-corrected chi connectivity index (χ0v) is 11.6. The zero-order chi connectivity index (χ0) is 11.3. The molecule has 0 fully saturated rings. The second-order valence-electron chi connectivity index (χ2n) is 2.92. The van der Waals surface area contributed by atoms with Crippen LogP contribution >= 0.6 is 45.8 Å². The Labute approximate surface area is 112 Å². The number of carbonyl (C=O) groups excluding carboxylic acids is 1. The number of benzene rings is 1. The third-order valence-electron chi connectivity index (χ3n) is 1.77. The second kappa shape index (κ2) is 6.55. The van der Waals surface area contributed by atoms with Crippen molar-refractivity contribution >= 4 is 51.7 Å². The van der Waals surface area contributed by atoms with Gasteiger partial charge in [-0.25, -0.2) is 0 Å². The summed E-state index contributed by atoms with van der Waals surface area (Å²) in [5.41, 5.74) is 0.428. The van der Waals surface area contributed by atoms with E-state index in [1.165, 1.54) is 0 Å². The maximum absolute atomic E-state index is 11.6. The van der Waals surface area contributed by atoms with Gasteiger partial charge in [0.05, 0.1) is 10.6 Å². The molecule has 0 radical (unpaired) electrons. The Hall–Kier alpha value is -0.000000000000000111. The second-order valence-corrected chi connectivity index (χ2v) is 4.84. The van der Waals surface area contributed by atoms with Crippen LogP contribution in [0.1, 0.15) is 16.8 Å². The molecule has 0 saturated heterocycles. The largest absolute Gasteiger partial charge is 0.352 e.